The quantitative estimate of drug-likeness (QED) is 0.908. The smallest absolute Gasteiger partial charge is 0.183 e. The van der Waals surface area contributed by atoms with Gasteiger partial charge in [0, 0.05) is 7.05 Å². The van der Waals surface area contributed by atoms with Crippen LogP contribution in [0.3, 0.4) is 0 Å². The Morgan fingerprint density at radius 1 is 1.53 bits per heavy atom. The average Bonchev–Trinajstić information content (AvgIpc) is 2.82. The van der Waals surface area contributed by atoms with E-state index in [1.807, 2.05) is 0 Å². The van der Waals surface area contributed by atoms with Gasteiger partial charge < -0.3 is 14.3 Å². The van der Waals surface area contributed by atoms with Crippen LogP contribution in [0.25, 0.3) is 0 Å². The van der Waals surface area contributed by atoms with Crippen LogP contribution in [0.4, 0.5) is 0 Å². The normalized spacial score (nSPS) is 12.8. The minimum atomic E-state index is -0.931. The van der Waals surface area contributed by atoms with Crippen LogP contribution in [0.5, 0.6) is 5.75 Å². The molecule has 0 saturated carbocycles. The van der Waals surface area contributed by atoms with Crippen LogP contribution in [0, 0.1) is 0 Å². The van der Waals surface area contributed by atoms with Gasteiger partial charge in [0.1, 0.15) is 11.5 Å². The highest BCUT2D eigenvalue weighted by atomic mass is 79.9. The third-order valence-corrected chi connectivity index (χ3v) is 4.07. The maximum atomic E-state index is 10.2. The van der Waals surface area contributed by atoms with Crippen molar-refractivity contribution in [2.45, 2.75) is 6.10 Å². The first-order valence-electron chi connectivity index (χ1n) is 4.73. The molecule has 0 saturated heterocycles. The Kier molecular flexibility index (Phi) is 3.60. The summed E-state index contributed by atoms with van der Waals surface area (Å²) in [4.78, 5) is 0. The molecule has 2 rings (SSSR count). The van der Waals surface area contributed by atoms with E-state index in [9.17, 15) is 5.11 Å². The number of aryl methyl sites for hydroxylation is 1. The van der Waals surface area contributed by atoms with E-state index in [-0.39, 0.29) is 0 Å². The van der Waals surface area contributed by atoms with Crippen LogP contribution < -0.4 is 4.74 Å². The summed E-state index contributed by atoms with van der Waals surface area (Å²) in [6.07, 6.45) is 0.617. The third kappa shape index (κ3) is 2.27. The van der Waals surface area contributed by atoms with E-state index in [0.717, 1.165) is 4.47 Å². The molecule has 1 N–H and O–H groups in total. The van der Waals surface area contributed by atoms with E-state index < -0.39 is 6.10 Å². The van der Waals surface area contributed by atoms with Gasteiger partial charge in [-0.1, -0.05) is 0 Å². The second-order valence-corrected chi connectivity index (χ2v) is 4.97. The van der Waals surface area contributed by atoms with Gasteiger partial charge in [-0.3, -0.25) is 4.68 Å². The summed E-state index contributed by atoms with van der Waals surface area (Å²) < 4.78 is 13.3. The molecular formula is C10H10Br2N2O3. The number of furan rings is 1. The first-order valence-corrected chi connectivity index (χ1v) is 6.32. The molecule has 0 fully saturated rings. The minimum Gasteiger partial charge on any atom is -0.493 e. The summed E-state index contributed by atoms with van der Waals surface area (Å²) in [5.74, 6) is 0.925. The van der Waals surface area contributed by atoms with Crippen LogP contribution >= 0.6 is 31.9 Å². The number of methoxy groups -OCH3 is 1. The molecule has 92 valence electrons. The Labute approximate surface area is 115 Å². The van der Waals surface area contributed by atoms with Gasteiger partial charge in [0.05, 0.1) is 17.8 Å². The molecule has 0 radical (unpaired) electrons. The van der Waals surface area contributed by atoms with Crippen LogP contribution in [0.15, 0.2) is 25.8 Å². The monoisotopic (exact) mass is 364 g/mol. The van der Waals surface area contributed by atoms with Gasteiger partial charge in [-0.2, -0.15) is 5.10 Å². The summed E-state index contributed by atoms with van der Waals surface area (Å²) in [5.41, 5.74) is 0.543. The molecule has 1 unspecified atom stereocenters. The summed E-state index contributed by atoms with van der Waals surface area (Å²) in [7, 11) is 3.26. The standard InChI is InChI=1S/C10H10Br2N2O3/c1-14-8(7(16-2)4-13-14)9(15)6-3-5(11)10(12)17-6/h3-4,9,15H,1-2H3. The van der Waals surface area contributed by atoms with E-state index in [1.165, 1.54) is 7.11 Å². The second kappa shape index (κ2) is 4.83. The molecule has 2 aromatic heterocycles. The van der Waals surface area contributed by atoms with Crippen molar-refractivity contribution >= 4 is 31.9 Å². The van der Waals surface area contributed by atoms with Gasteiger partial charge in [-0.25, -0.2) is 0 Å². The predicted octanol–water partition coefficient (Wildman–Crippen LogP) is 2.63. The van der Waals surface area contributed by atoms with E-state index in [0.29, 0.717) is 21.9 Å². The molecule has 2 aromatic rings. The molecule has 0 aromatic carbocycles. The minimum absolute atomic E-state index is 0.408. The number of hydrogen-bond donors (Lipinski definition) is 1. The van der Waals surface area contributed by atoms with Crippen molar-refractivity contribution in [3.63, 3.8) is 0 Å². The zero-order valence-corrected chi connectivity index (χ0v) is 12.3. The van der Waals surface area contributed by atoms with Gasteiger partial charge in [-0.15, -0.1) is 0 Å². The summed E-state index contributed by atoms with van der Waals surface area (Å²) in [6, 6.07) is 1.70. The molecule has 2 heterocycles. The van der Waals surface area contributed by atoms with E-state index in [4.69, 9.17) is 9.15 Å². The Hall–Kier alpha value is -0.790. The van der Waals surface area contributed by atoms with Crippen LogP contribution in [0.1, 0.15) is 17.6 Å². The molecule has 0 aliphatic carbocycles. The fraction of sp³-hybridized carbons (Fsp3) is 0.300. The fourth-order valence-electron chi connectivity index (χ4n) is 1.53. The fourth-order valence-corrected chi connectivity index (χ4v) is 2.14. The van der Waals surface area contributed by atoms with E-state index in [2.05, 4.69) is 37.0 Å². The Balaban J connectivity index is 2.42. The van der Waals surface area contributed by atoms with Crippen molar-refractivity contribution < 1.29 is 14.3 Å². The largest absolute Gasteiger partial charge is 0.493 e. The van der Waals surface area contributed by atoms with Crippen LogP contribution in [0.2, 0.25) is 0 Å². The number of aromatic nitrogens is 2. The summed E-state index contributed by atoms with van der Waals surface area (Å²) in [6.45, 7) is 0. The number of halogens is 2. The number of ether oxygens (including phenoxy) is 1. The van der Waals surface area contributed by atoms with Crippen molar-refractivity contribution in [2.75, 3.05) is 7.11 Å². The Bertz CT molecular complexity index is 516. The molecule has 17 heavy (non-hydrogen) atoms. The summed E-state index contributed by atoms with van der Waals surface area (Å²) in [5, 5.41) is 14.3. The zero-order chi connectivity index (χ0) is 12.6. The first-order chi connectivity index (χ1) is 8.04. The SMILES string of the molecule is COc1cnn(C)c1C(O)c1cc(Br)c(Br)o1. The molecule has 0 amide bonds. The highest BCUT2D eigenvalue weighted by Gasteiger charge is 2.24. The maximum absolute atomic E-state index is 10.2. The topological polar surface area (TPSA) is 60.4 Å². The van der Waals surface area contributed by atoms with Crippen molar-refractivity contribution in [3.8, 4) is 5.75 Å². The average molecular weight is 366 g/mol. The number of aliphatic hydroxyl groups is 1. The van der Waals surface area contributed by atoms with Gasteiger partial charge in [0.15, 0.2) is 16.5 Å². The Morgan fingerprint density at radius 2 is 2.24 bits per heavy atom. The van der Waals surface area contributed by atoms with Gasteiger partial charge >= 0.3 is 0 Å². The maximum Gasteiger partial charge on any atom is 0.183 e. The molecule has 0 aliphatic heterocycles. The Morgan fingerprint density at radius 3 is 2.76 bits per heavy atom. The molecular weight excluding hydrogens is 356 g/mol. The lowest BCUT2D eigenvalue weighted by atomic mass is 10.2. The van der Waals surface area contributed by atoms with Crippen molar-refractivity contribution in [1.29, 1.82) is 0 Å². The number of hydrogen-bond acceptors (Lipinski definition) is 4. The number of rotatable bonds is 3. The summed E-state index contributed by atoms with van der Waals surface area (Å²) >= 11 is 6.52. The molecule has 1 atom stereocenters. The van der Waals surface area contributed by atoms with Gasteiger partial charge in [-0.05, 0) is 37.9 Å². The number of nitrogens with zero attached hydrogens (tertiary/aromatic N) is 2. The molecule has 7 heteroatoms. The lowest BCUT2D eigenvalue weighted by Crippen LogP contribution is -2.07. The third-order valence-electron chi connectivity index (χ3n) is 2.36. The molecule has 0 spiro atoms. The van der Waals surface area contributed by atoms with Crippen molar-refractivity contribution in [1.82, 2.24) is 9.78 Å². The molecule has 0 bridgehead atoms. The highest BCUT2D eigenvalue weighted by Crippen LogP contribution is 2.35. The number of aliphatic hydroxyl groups excluding tert-OH is 1. The predicted molar refractivity (Wildman–Crippen MR) is 67.9 cm³/mol. The van der Waals surface area contributed by atoms with Crippen LogP contribution in [-0.4, -0.2) is 22.0 Å². The molecule has 0 aliphatic rings. The van der Waals surface area contributed by atoms with E-state index in [1.54, 1.807) is 24.0 Å². The second-order valence-electron chi connectivity index (χ2n) is 3.39. The highest BCUT2D eigenvalue weighted by molar-refractivity contribution is 9.13. The lowest BCUT2D eigenvalue weighted by molar-refractivity contribution is 0.174. The van der Waals surface area contributed by atoms with Crippen molar-refractivity contribution in [2.24, 2.45) is 7.05 Å². The zero-order valence-electron chi connectivity index (χ0n) is 9.15. The van der Waals surface area contributed by atoms with E-state index >= 15 is 0 Å². The van der Waals surface area contributed by atoms with Crippen LogP contribution in [-0.2, 0) is 7.05 Å². The van der Waals surface area contributed by atoms with Gasteiger partial charge in [0.25, 0.3) is 0 Å². The first kappa shape index (κ1) is 12.7. The molecule has 5 nitrogen and oxygen atoms in total. The van der Waals surface area contributed by atoms with Gasteiger partial charge in [0.2, 0.25) is 0 Å². The van der Waals surface area contributed by atoms with Crippen molar-refractivity contribution in [3.05, 3.63) is 32.9 Å². The lowest BCUT2D eigenvalue weighted by Gasteiger charge is -2.10.